The highest BCUT2D eigenvalue weighted by atomic mass is 32.2. The summed E-state index contributed by atoms with van der Waals surface area (Å²) in [5.41, 5.74) is 6.88. The normalized spacial score (nSPS) is 23.5. The van der Waals surface area contributed by atoms with Gasteiger partial charge in [-0.2, -0.15) is 11.8 Å². The first-order chi connectivity index (χ1) is 9.48. The molecule has 1 saturated heterocycles. The average Bonchev–Trinajstić information content (AvgIpc) is 2.86. The lowest BCUT2D eigenvalue weighted by atomic mass is 10.0. The number of aromatic hydroxyl groups is 1. The Morgan fingerprint density at radius 1 is 1.50 bits per heavy atom. The third-order valence-corrected chi connectivity index (χ3v) is 5.20. The quantitative estimate of drug-likeness (QED) is 0.772. The molecule has 1 aromatic rings. The molecular formula is C15H22N2O2S. The Balaban J connectivity index is 1.81. The van der Waals surface area contributed by atoms with E-state index < -0.39 is 6.04 Å². The minimum absolute atomic E-state index is 0.105. The minimum Gasteiger partial charge on any atom is -0.508 e. The van der Waals surface area contributed by atoms with Crippen LogP contribution in [0.15, 0.2) is 24.3 Å². The molecule has 2 rings (SSSR count). The van der Waals surface area contributed by atoms with E-state index in [0.29, 0.717) is 13.0 Å². The Morgan fingerprint density at radius 2 is 2.20 bits per heavy atom. The highest BCUT2D eigenvalue weighted by Crippen LogP contribution is 2.36. The maximum Gasteiger partial charge on any atom is 0.237 e. The van der Waals surface area contributed by atoms with Crippen LogP contribution in [-0.4, -0.2) is 34.1 Å². The van der Waals surface area contributed by atoms with E-state index in [9.17, 15) is 9.90 Å². The van der Waals surface area contributed by atoms with E-state index in [1.54, 1.807) is 24.3 Å². The van der Waals surface area contributed by atoms with Crippen LogP contribution in [0.4, 0.5) is 0 Å². The van der Waals surface area contributed by atoms with Crippen LogP contribution < -0.4 is 11.1 Å². The van der Waals surface area contributed by atoms with Crippen LogP contribution in [0, 0.1) is 0 Å². The highest BCUT2D eigenvalue weighted by Gasteiger charge is 2.30. The fourth-order valence-corrected chi connectivity index (χ4v) is 3.60. The van der Waals surface area contributed by atoms with Gasteiger partial charge in [0.05, 0.1) is 6.04 Å². The first-order valence-corrected chi connectivity index (χ1v) is 7.92. The molecule has 1 amide bonds. The summed E-state index contributed by atoms with van der Waals surface area (Å²) in [6.07, 6.45) is 2.84. The molecule has 0 spiro atoms. The van der Waals surface area contributed by atoms with Gasteiger partial charge in [0, 0.05) is 11.3 Å². The predicted molar refractivity (Wildman–Crippen MR) is 82.9 cm³/mol. The number of carbonyl (C=O) groups excluding carboxylic acids is 1. The number of nitrogens with one attached hydrogen (secondary N) is 1. The molecule has 0 aliphatic carbocycles. The fraction of sp³-hybridized carbons (Fsp3) is 0.533. The van der Waals surface area contributed by atoms with Gasteiger partial charge in [0.1, 0.15) is 5.75 Å². The Labute approximate surface area is 124 Å². The summed E-state index contributed by atoms with van der Waals surface area (Å²) in [5, 5.41) is 12.2. The molecule has 5 heteroatoms. The van der Waals surface area contributed by atoms with Gasteiger partial charge in [0.15, 0.2) is 0 Å². The number of thioether (sulfide) groups is 1. The van der Waals surface area contributed by atoms with Crippen molar-refractivity contribution in [3.05, 3.63) is 29.8 Å². The lowest BCUT2D eigenvalue weighted by Gasteiger charge is -2.24. The zero-order valence-corrected chi connectivity index (χ0v) is 12.6. The molecule has 1 fully saturated rings. The smallest absolute Gasteiger partial charge is 0.237 e. The van der Waals surface area contributed by atoms with Crippen molar-refractivity contribution < 1.29 is 9.90 Å². The van der Waals surface area contributed by atoms with Gasteiger partial charge >= 0.3 is 0 Å². The van der Waals surface area contributed by atoms with E-state index in [-0.39, 0.29) is 16.4 Å². The van der Waals surface area contributed by atoms with E-state index in [0.717, 1.165) is 12.0 Å². The topological polar surface area (TPSA) is 75.4 Å². The van der Waals surface area contributed by atoms with Gasteiger partial charge in [-0.15, -0.1) is 0 Å². The van der Waals surface area contributed by atoms with Crippen LogP contribution in [0.1, 0.15) is 25.3 Å². The summed E-state index contributed by atoms with van der Waals surface area (Å²) < 4.78 is 0.161. The maximum atomic E-state index is 12.0. The van der Waals surface area contributed by atoms with Crippen LogP contribution in [-0.2, 0) is 11.2 Å². The highest BCUT2D eigenvalue weighted by molar-refractivity contribution is 8.00. The third-order valence-electron chi connectivity index (χ3n) is 3.67. The summed E-state index contributed by atoms with van der Waals surface area (Å²) in [6, 6.07) is 6.24. The second-order valence-electron chi connectivity index (χ2n) is 5.60. The zero-order valence-electron chi connectivity index (χ0n) is 11.8. The second-order valence-corrected chi connectivity index (χ2v) is 7.28. The summed E-state index contributed by atoms with van der Waals surface area (Å²) >= 11 is 1.92. The number of nitrogens with two attached hydrogens (primary N) is 1. The Hall–Kier alpha value is -1.20. The van der Waals surface area contributed by atoms with Crippen LogP contribution in [0.25, 0.3) is 0 Å². The Morgan fingerprint density at radius 3 is 2.80 bits per heavy atom. The number of rotatable bonds is 5. The molecule has 110 valence electrons. The first-order valence-electron chi connectivity index (χ1n) is 6.94. The third kappa shape index (κ3) is 4.15. The van der Waals surface area contributed by atoms with E-state index in [2.05, 4.69) is 12.2 Å². The number of carbonyl (C=O) groups is 1. The summed E-state index contributed by atoms with van der Waals surface area (Å²) in [5.74, 6) is 1.29. The number of phenols is 1. The number of benzene rings is 1. The largest absolute Gasteiger partial charge is 0.508 e. The minimum atomic E-state index is -0.547. The molecule has 0 saturated carbocycles. The van der Waals surface area contributed by atoms with Crippen LogP contribution >= 0.6 is 11.8 Å². The Bertz CT molecular complexity index is 455. The molecule has 1 aliphatic rings. The van der Waals surface area contributed by atoms with Gasteiger partial charge in [0.2, 0.25) is 5.91 Å². The lowest BCUT2D eigenvalue weighted by Crippen LogP contribution is -2.46. The number of hydrogen-bond donors (Lipinski definition) is 3. The zero-order chi connectivity index (χ0) is 14.6. The second kappa shape index (κ2) is 6.50. The van der Waals surface area contributed by atoms with Crippen molar-refractivity contribution in [2.75, 3.05) is 12.3 Å². The van der Waals surface area contributed by atoms with E-state index >= 15 is 0 Å². The number of hydrogen-bond acceptors (Lipinski definition) is 4. The molecule has 1 heterocycles. The van der Waals surface area contributed by atoms with Gasteiger partial charge in [-0.05, 0) is 49.6 Å². The van der Waals surface area contributed by atoms with Gasteiger partial charge < -0.3 is 16.2 Å². The molecule has 1 unspecified atom stereocenters. The number of amides is 1. The van der Waals surface area contributed by atoms with Gasteiger partial charge in [-0.3, -0.25) is 4.79 Å². The maximum absolute atomic E-state index is 12.0. The van der Waals surface area contributed by atoms with E-state index in [1.165, 1.54) is 12.2 Å². The van der Waals surface area contributed by atoms with Crippen molar-refractivity contribution in [2.45, 2.75) is 37.0 Å². The molecule has 1 aliphatic heterocycles. The fourth-order valence-electron chi connectivity index (χ4n) is 2.36. The van der Waals surface area contributed by atoms with Crippen LogP contribution in [0.3, 0.4) is 0 Å². The molecule has 2 atom stereocenters. The van der Waals surface area contributed by atoms with Crippen molar-refractivity contribution in [3.63, 3.8) is 0 Å². The molecule has 0 aromatic heterocycles. The van der Waals surface area contributed by atoms with Gasteiger partial charge in [-0.25, -0.2) is 0 Å². The van der Waals surface area contributed by atoms with E-state index in [1.807, 2.05) is 11.8 Å². The van der Waals surface area contributed by atoms with Crippen LogP contribution in [0.2, 0.25) is 0 Å². The molecule has 1 aromatic carbocycles. The van der Waals surface area contributed by atoms with E-state index in [4.69, 9.17) is 5.73 Å². The summed E-state index contributed by atoms with van der Waals surface area (Å²) in [4.78, 5) is 12.0. The van der Waals surface area contributed by atoms with Crippen LogP contribution in [0.5, 0.6) is 5.75 Å². The Kier molecular flexibility index (Phi) is 4.94. The SMILES string of the molecule is CC1(CNC(=O)[C@@H](N)Cc2ccc(O)cc2)CCCS1. The molecule has 0 radical (unpaired) electrons. The summed E-state index contributed by atoms with van der Waals surface area (Å²) in [6.45, 7) is 2.87. The average molecular weight is 294 g/mol. The van der Waals surface area contributed by atoms with Crippen molar-refractivity contribution in [1.82, 2.24) is 5.32 Å². The monoisotopic (exact) mass is 294 g/mol. The lowest BCUT2D eigenvalue weighted by molar-refractivity contribution is -0.122. The molecule has 4 nitrogen and oxygen atoms in total. The molecule has 4 N–H and O–H groups in total. The first kappa shape index (κ1) is 15.2. The summed E-state index contributed by atoms with van der Waals surface area (Å²) in [7, 11) is 0. The molecule has 0 bridgehead atoms. The standard InChI is InChI=1S/C15H22N2O2S/c1-15(7-2-8-20-15)10-17-14(19)13(16)9-11-3-5-12(18)6-4-11/h3-6,13,18H,2,7-10,16H2,1H3,(H,17,19)/t13-,15?/m0/s1. The predicted octanol–water partition coefficient (Wildman–Crippen LogP) is 1.66. The number of phenolic OH excluding ortho intramolecular Hbond substituents is 1. The molecule has 20 heavy (non-hydrogen) atoms. The van der Waals surface area contributed by atoms with Crippen molar-refractivity contribution in [2.24, 2.45) is 5.73 Å². The van der Waals surface area contributed by atoms with Gasteiger partial charge in [-0.1, -0.05) is 12.1 Å². The van der Waals surface area contributed by atoms with Gasteiger partial charge in [0.25, 0.3) is 0 Å². The molecular weight excluding hydrogens is 272 g/mol. The van der Waals surface area contributed by atoms with Crippen molar-refractivity contribution >= 4 is 17.7 Å². The van der Waals surface area contributed by atoms with Crippen molar-refractivity contribution in [3.8, 4) is 5.75 Å². The van der Waals surface area contributed by atoms with Crippen molar-refractivity contribution in [1.29, 1.82) is 0 Å².